The lowest BCUT2D eigenvalue weighted by atomic mass is 10.1. The zero-order chi connectivity index (χ0) is 15.2. The zero-order valence-electron chi connectivity index (χ0n) is 11.5. The quantitative estimate of drug-likeness (QED) is 0.707. The maximum absolute atomic E-state index is 13.2. The van der Waals surface area contributed by atoms with Crippen molar-refractivity contribution in [1.82, 2.24) is 9.55 Å². The average molecular weight is 294 g/mol. The van der Waals surface area contributed by atoms with E-state index in [9.17, 15) is 13.2 Å². The van der Waals surface area contributed by atoms with Crippen LogP contribution in [0.5, 0.6) is 5.75 Å². The fourth-order valence-electron chi connectivity index (χ4n) is 2.69. The third kappa shape index (κ3) is 2.02. The van der Waals surface area contributed by atoms with Crippen LogP contribution in [0.2, 0.25) is 0 Å². The van der Waals surface area contributed by atoms with Gasteiger partial charge in [-0.3, -0.25) is 0 Å². The Bertz CT molecular complexity index is 821. The first-order chi connectivity index (χ1) is 9.97. The molecule has 0 saturated carbocycles. The molecule has 0 bridgehead atoms. The number of benzene rings is 1. The van der Waals surface area contributed by atoms with Gasteiger partial charge in [-0.05, 0) is 25.1 Å². The van der Waals surface area contributed by atoms with Crippen LogP contribution in [-0.4, -0.2) is 16.7 Å². The molecule has 0 aliphatic carbocycles. The highest BCUT2D eigenvalue weighted by atomic mass is 19.4. The van der Waals surface area contributed by atoms with Crippen molar-refractivity contribution >= 4 is 21.8 Å². The Labute approximate surface area is 119 Å². The molecule has 0 fully saturated rings. The van der Waals surface area contributed by atoms with Crippen LogP contribution in [0.4, 0.5) is 13.2 Å². The highest BCUT2D eigenvalue weighted by Gasteiger charge is 2.36. The van der Waals surface area contributed by atoms with E-state index >= 15 is 0 Å². The standard InChI is InChI=1S/C15H13F3N2O/c1-3-20-12-8-9(21-2)4-5-10(12)11-6-7-19-14(13(11)20)15(16,17)18/h4-8H,3H2,1-2H3. The molecule has 2 aromatic heterocycles. The van der Waals surface area contributed by atoms with E-state index in [1.807, 2.05) is 6.92 Å². The van der Waals surface area contributed by atoms with Gasteiger partial charge >= 0.3 is 6.18 Å². The van der Waals surface area contributed by atoms with Crippen molar-refractivity contribution < 1.29 is 17.9 Å². The van der Waals surface area contributed by atoms with Crippen LogP contribution in [0.15, 0.2) is 30.5 Å². The molecule has 0 aliphatic heterocycles. The molecule has 2 heterocycles. The van der Waals surface area contributed by atoms with E-state index < -0.39 is 11.9 Å². The van der Waals surface area contributed by atoms with Gasteiger partial charge in [-0.2, -0.15) is 13.2 Å². The van der Waals surface area contributed by atoms with Crippen LogP contribution >= 0.6 is 0 Å². The van der Waals surface area contributed by atoms with E-state index in [-0.39, 0.29) is 5.52 Å². The van der Waals surface area contributed by atoms with Crippen LogP contribution in [0, 0.1) is 0 Å². The number of nitrogens with zero attached hydrogens (tertiary/aromatic N) is 2. The average Bonchev–Trinajstić information content (AvgIpc) is 2.78. The van der Waals surface area contributed by atoms with Gasteiger partial charge in [0.05, 0.1) is 18.1 Å². The minimum atomic E-state index is -4.48. The largest absolute Gasteiger partial charge is 0.497 e. The number of hydrogen-bond donors (Lipinski definition) is 0. The van der Waals surface area contributed by atoms with Crippen molar-refractivity contribution in [2.75, 3.05) is 7.11 Å². The molecule has 3 rings (SSSR count). The fraction of sp³-hybridized carbons (Fsp3) is 0.267. The molecule has 6 heteroatoms. The van der Waals surface area contributed by atoms with Crippen molar-refractivity contribution in [3.63, 3.8) is 0 Å². The monoisotopic (exact) mass is 294 g/mol. The van der Waals surface area contributed by atoms with Crippen LogP contribution in [0.25, 0.3) is 21.8 Å². The Balaban J connectivity index is 2.50. The number of rotatable bonds is 2. The van der Waals surface area contributed by atoms with Gasteiger partial charge in [0.15, 0.2) is 5.69 Å². The summed E-state index contributed by atoms with van der Waals surface area (Å²) in [6.07, 6.45) is -3.28. The summed E-state index contributed by atoms with van der Waals surface area (Å²) in [4.78, 5) is 3.55. The molecule has 0 aliphatic rings. The summed E-state index contributed by atoms with van der Waals surface area (Å²) in [5.74, 6) is 0.613. The molecular weight excluding hydrogens is 281 g/mol. The topological polar surface area (TPSA) is 27.1 Å². The number of ether oxygens (including phenoxy) is 1. The van der Waals surface area contributed by atoms with Crippen LogP contribution in [0.1, 0.15) is 12.6 Å². The lowest BCUT2D eigenvalue weighted by Crippen LogP contribution is -2.10. The summed E-state index contributed by atoms with van der Waals surface area (Å²) in [7, 11) is 1.53. The van der Waals surface area contributed by atoms with Crippen LogP contribution in [-0.2, 0) is 12.7 Å². The molecule has 3 aromatic rings. The summed E-state index contributed by atoms with van der Waals surface area (Å²) in [5.41, 5.74) is -0.0156. The molecular formula is C15H13F3N2O. The fourth-order valence-corrected chi connectivity index (χ4v) is 2.69. The second-order valence-electron chi connectivity index (χ2n) is 4.68. The molecule has 0 atom stereocenters. The smallest absolute Gasteiger partial charge is 0.435 e. The summed E-state index contributed by atoms with van der Waals surface area (Å²) in [6, 6.07) is 6.89. The van der Waals surface area contributed by atoms with Crippen molar-refractivity contribution in [2.45, 2.75) is 19.6 Å². The highest BCUT2D eigenvalue weighted by Crippen LogP contribution is 2.38. The predicted octanol–water partition coefficient (Wildman–Crippen LogP) is 4.24. The van der Waals surface area contributed by atoms with Gasteiger partial charge in [0.1, 0.15) is 5.75 Å². The summed E-state index contributed by atoms with van der Waals surface area (Å²) in [6.45, 7) is 2.23. The van der Waals surface area contributed by atoms with E-state index in [1.54, 1.807) is 28.8 Å². The molecule has 0 spiro atoms. The van der Waals surface area contributed by atoms with Crippen molar-refractivity contribution in [3.05, 3.63) is 36.2 Å². The van der Waals surface area contributed by atoms with Crippen molar-refractivity contribution in [3.8, 4) is 5.75 Å². The first kappa shape index (κ1) is 13.7. The molecule has 0 saturated heterocycles. The third-order valence-electron chi connectivity index (χ3n) is 3.56. The normalized spacial score (nSPS) is 12.2. The highest BCUT2D eigenvalue weighted by molar-refractivity contribution is 6.09. The molecule has 110 valence electrons. The van der Waals surface area contributed by atoms with E-state index in [2.05, 4.69) is 4.98 Å². The number of aryl methyl sites for hydroxylation is 1. The van der Waals surface area contributed by atoms with Gasteiger partial charge < -0.3 is 9.30 Å². The first-order valence-electron chi connectivity index (χ1n) is 6.49. The molecule has 21 heavy (non-hydrogen) atoms. The Kier molecular flexibility index (Phi) is 3.04. The first-order valence-corrected chi connectivity index (χ1v) is 6.49. The van der Waals surface area contributed by atoms with Crippen LogP contribution < -0.4 is 4.74 Å². The number of fused-ring (bicyclic) bond motifs is 3. The zero-order valence-corrected chi connectivity index (χ0v) is 11.5. The van der Waals surface area contributed by atoms with E-state index in [1.165, 1.54) is 13.3 Å². The van der Waals surface area contributed by atoms with Gasteiger partial charge in [0.2, 0.25) is 0 Å². The number of alkyl halides is 3. The lowest BCUT2D eigenvalue weighted by Gasteiger charge is -2.10. The second-order valence-corrected chi connectivity index (χ2v) is 4.68. The predicted molar refractivity (Wildman–Crippen MR) is 74.5 cm³/mol. The third-order valence-corrected chi connectivity index (χ3v) is 3.56. The number of halogens is 3. The maximum atomic E-state index is 13.2. The molecule has 0 amide bonds. The molecule has 0 unspecified atom stereocenters. The summed E-state index contributed by atoms with van der Waals surface area (Å²) < 4.78 is 46.4. The number of methoxy groups -OCH3 is 1. The minimum absolute atomic E-state index is 0.121. The minimum Gasteiger partial charge on any atom is -0.497 e. The Morgan fingerprint density at radius 2 is 1.95 bits per heavy atom. The van der Waals surface area contributed by atoms with E-state index in [0.717, 1.165) is 5.39 Å². The van der Waals surface area contributed by atoms with Crippen molar-refractivity contribution in [2.24, 2.45) is 0 Å². The van der Waals surface area contributed by atoms with Gasteiger partial charge in [-0.15, -0.1) is 0 Å². The molecule has 3 nitrogen and oxygen atoms in total. The second kappa shape index (κ2) is 4.65. The number of hydrogen-bond acceptors (Lipinski definition) is 2. The maximum Gasteiger partial charge on any atom is 0.435 e. The molecule has 1 aromatic carbocycles. The van der Waals surface area contributed by atoms with Crippen LogP contribution in [0.3, 0.4) is 0 Å². The Morgan fingerprint density at radius 3 is 2.57 bits per heavy atom. The van der Waals surface area contributed by atoms with Gasteiger partial charge in [0.25, 0.3) is 0 Å². The number of pyridine rings is 1. The molecule has 0 radical (unpaired) electrons. The van der Waals surface area contributed by atoms with E-state index in [0.29, 0.717) is 23.2 Å². The Hall–Kier alpha value is -2.24. The molecule has 0 N–H and O–H groups in total. The van der Waals surface area contributed by atoms with Gasteiger partial charge in [0, 0.05) is 29.6 Å². The lowest BCUT2D eigenvalue weighted by molar-refractivity contribution is -0.140. The Morgan fingerprint density at radius 1 is 1.19 bits per heavy atom. The SMILES string of the molecule is CCn1c2cc(OC)ccc2c2ccnc(C(F)(F)F)c21. The van der Waals surface area contributed by atoms with Crippen molar-refractivity contribution in [1.29, 1.82) is 0 Å². The van der Waals surface area contributed by atoms with Gasteiger partial charge in [-0.25, -0.2) is 4.98 Å². The van der Waals surface area contributed by atoms with E-state index in [4.69, 9.17) is 4.74 Å². The summed E-state index contributed by atoms with van der Waals surface area (Å²) >= 11 is 0. The summed E-state index contributed by atoms with van der Waals surface area (Å²) in [5, 5.41) is 1.32. The van der Waals surface area contributed by atoms with Gasteiger partial charge in [-0.1, -0.05) is 0 Å². The number of aromatic nitrogens is 2.